The van der Waals surface area contributed by atoms with Crippen LogP contribution in [0.2, 0.25) is 0 Å². The van der Waals surface area contributed by atoms with E-state index in [0.717, 1.165) is 20.2 Å². The number of nitrogens with zero attached hydrogens (tertiary/aromatic N) is 2. The van der Waals surface area contributed by atoms with E-state index in [1.165, 1.54) is 0 Å². The fraction of sp³-hybridized carbons (Fsp3) is 0. The van der Waals surface area contributed by atoms with Gasteiger partial charge in [0.05, 0.1) is 0 Å². The monoisotopic (exact) mass is 390 g/mol. The summed E-state index contributed by atoms with van der Waals surface area (Å²) >= 11 is 2.24. The Morgan fingerprint density at radius 2 is 1.86 bits per heavy atom. The molecule has 0 spiro atoms. The second kappa shape index (κ2) is 4.66. The number of para-hydroxylation sites is 2. The molecule has 0 amide bonds. The molecule has 2 aromatic heterocycles. The van der Waals surface area contributed by atoms with Crippen LogP contribution in [0.1, 0.15) is 0 Å². The average molecular weight is 390 g/mol. The molecule has 0 aliphatic carbocycles. The summed E-state index contributed by atoms with van der Waals surface area (Å²) in [6.45, 7) is 0. The third-order valence-electron chi connectivity index (χ3n) is 3.34. The minimum atomic E-state index is -0.429. The molecule has 0 atom stereocenters. The summed E-state index contributed by atoms with van der Waals surface area (Å²) < 4.78 is 7.71. The van der Waals surface area contributed by atoms with Crippen LogP contribution in [0.3, 0.4) is 0 Å². The van der Waals surface area contributed by atoms with E-state index in [0.29, 0.717) is 11.2 Å². The van der Waals surface area contributed by atoms with E-state index in [1.54, 1.807) is 4.52 Å². The van der Waals surface area contributed by atoms with E-state index in [4.69, 9.17) is 4.52 Å². The molecule has 2 aromatic carbocycles. The Bertz CT molecular complexity index is 1020. The number of fused-ring (bicyclic) bond motifs is 3. The predicted molar refractivity (Wildman–Crippen MR) is 85.9 cm³/mol. The van der Waals surface area contributed by atoms with Crippen LogP contribution in [0.25, 0.3) is 27.8 Å². The molecule has 0 unspecified atom stereocenters. The summed E-state index contributed by atoms with van der Waals surface area (Å²) in [5.74, 6) is 0. The van der Waals surface area contributed by atoms with E-state index >= 15 is 0 Å². The topological polar surface area (TPSA) is 63.0 Å². The first-order valence-corrected chi connectivity index (χ1v) is 7.40. The van der Waals surface area contributed by atoms with Crippen molar-refractivity contribution < 1.29 is 9.04 Å². The summed E-state index contributed by atoms with van der Waals surface area (Å²) in [7, 11) is 0. The molecule has 0 aliphatic heterocycles. The molecule has 0 bridgehead atoms. The summed E-state index contributed by atoms with van der Waals surface area (Å²) in [5, 5.41) is 2.64. The zero-order valence-corrected chi connectivity index (χ0v) is 12.9. The summed E-state index contributed by atoms with van der Waals surface area (Å²) in [4.78, 5) is 16.7. The molecule has 4 aromatic rings. The number of nitrogens with one attached hydrogen (secondary N) is 1. The molecular formula is C15H9IN3O2+. The van der Waals surface area contributed by atoms with E-state index in [-0.39, 0.29) is 0 Å². The van der Waals surface area contributed by atoms with Gasteiger partial charge in [-0.1, -0.05) is 24.3 Å². The highest BCUT2D eigenvalue weighted by atomic mass is 127. The van der Waals surface area contributed by atoms with Crippen LogP contribution < -0.4 is 10.1 Å². The van der Waals surface area contributed by atoms with Crippen LogP contribution >= 0.6 is 22.6 Å². The van der Waals surface area contributed by atoms with Gasteiger partial charge in [0.15, 0.2) is 5.69 Å². The number of hydrogen-bond donors (Lipinski definition) is 1. The lowest BCUT2D eigenvalue weighted by molar-refractivity contribution is -0.568. The maximum absolute atomic E-state index is 12.0. The Kier molecular flexibility index (Phi) is 2.78. The van der Waals surface area contributed by atoms with Gasteiger partial charge in [0.25, 0.3) is 5.52 Å². The lowest BCUT2D eigenvalue weighted by atomic mass is 10.1. The second-order valence-electron chi connectivity index (χ2n) is 4.62. The van der Waals surface area contributed by atoms with Crippen molar-refractivity contribution in [2.24, 2.45) is 0 Å². The third kappa shape index (κ3) is 1.94. The average Bonchev–Trinajstić information content (AvgIpc) is 2.90. The maximum atomic E-state index is 12.0. The fourth-order valence-electron chi connectivity index (χ4n) is 2.37. The van der Waals surface area contributed by atoms with Crippen molar-refractivity contribution >= 4 is 39.1 Å². The molecule has 0 aliphatic rings. The highest BCUT2D eigenvalue weighted by Gasteiger charge is 2.24. The Morgan fingerprint density at radius 3 is 2.67 bits per heavy atom. The molecule has 102 valence electrons. The highest BCUT2D eigenvalue weighted by molar-refractivity contribution is 14.1. The van der Waals surface area contributed by atoms with Crippen LogP contribution in [0, 0.1) is 3.57 Å². The van der Waals surface area contributed by atoms with Gasteiger partial charge in [-0.25, -0.2) is 9.78 Å². The zero-order valence-electron chi connectivity index (χ0n) is 10.7. The normalized spacial score (nSPS) is 11.3. The molecule has 4 rings (SSSR count). The minimum Gasteiger partial charge on any atom is -0.282 e. The van der Waals surface area contributed by atoms with Gasteiger partial charge in [-0.2, -0.15) is 0 Å². The van der Waals surface area contributed by atoms with Crippen molar-refractivity contribution in [2.75, 3.05) is 0 Å². The Balaban J connectivity index is 2.17. The van der Waals surface area contributed by atoms with Gasteiger partial charge in [0, 0.05) is 15.2 Å². The second-order valence-corrected chi connectivity index (χ2v) is 5.87. The Hall–Kier alpha value is -2.22. The number of benzene rings is 2. The van der Waals surface area contributed by atoms with Gasteiger partial charge in [-0.3, -0.25) is 4.52 Å². The Morgan fingerprint density at radius 1 is 1.10 bits per heavy atom. The molecule has 2 heterocycles. The van der Waals surface area contributed by atoms with Crippen LogP contribution in [0.4, 0.5) is 0 Å². The van der Waals surface area contributed by atoms with Gasteiger partial charge < -0.3 is 0 Å². The van der Waals surface area contributed by atoms with E-state index in [1.807, 2.05) is 48.5 Å². The maximum Gasteiger partial charge on any atom is 0.437 e. The smallest absolute Gasteiger partial charge is 0.282 e. The van der Waals surface area contributed by atoms with Gasteiger partial charge >= 0.3 is 11.1 Å². The molecule has 0 radical (unpaired) electrons. The van der Waals surface area contributed by atoms with E-state index < -0.39 is 5.63 Å². The lowest BCUT2D eigenvalue weighted by Crippen LogP contribution is -2.27. The van der Waals surface area contributed by atoms with Crippen LogP contribution in [-0.2, 0) is 0 Å². The van der Waals surface area contributed by atoms with Crippen LogP contribution in [-0.4, -0.2) is 10.3 Å². The summed E-state index contributed by atoms with van der Waals surface area (Å²) in [5.41, 5.74) is 3.07. The largest absolute Gasteiger partial charge is 0.437 e. The molecule has 0 saturated carbocycles. The van der Waals surface area contributed by atoms with Crippen LogP contribution in [0.5, 0.6) is 0 Å². The molecular weight excluding hydrogens is 381 g/mol. The highest BCUT2D eigenvalue weighted by Crippen LogP contribution is 2.22. The number of hydrogen-bond acceptors (Lipinski definition) is 3. The fourth-order valence-corrected chi connectivity index (χ4v) is 2.73. The predicted octanol–water partition coefficient (Wildman–Crippen LogP) is 2.53. The zero-order chi connectivity index (χ0) is 14.4. The van der Waals surface area contributed by atoms with Crippen molar-refractivity contribution in [3.05, 3.63) is 62.5 Å². The van der Waals surface area contributed by atoms with Crippen molar-refractivity contribution in [2.45, 2.75) is 0 Å². The van der Waals surface area contributed by atoms with Gasteiger partial charge in [-0.05, 0) is 50.6 Å². The first-order chi connectivity index (χ1) is 10.2. The number of H-pyrrole nitrogens is 1. The summed E-state index contributed by atoms with van der Waals surface area (Å²) in [6, 6.07) is 15.5. The minimum absolute atomic E-state index is 0.412. The first kappa shape index (κ1) is 12.5. The van der Waals surface area contributed by atoms with Crippen molar-refractivity contribution in [1.29, 1.82) is 0 Å². The molecule has 6 heteroatoms. The van der Waals surface area contributed by atoms with E-state index in [2.05, 4.69) is 32.8 Å². The SMILES string of the molecule is O=c1o[nH][n+]2c1c(-c1ccc(I)cc1)nc1ccccc12. The van der Waals surface area contributed by atoms with Crippen molar-refractivity contribution in [3.8, 4) is 11.3 Å². The quantitative estimate of drug-likeness (QED) is 0.402. The molecule has 0 fully saturated rings. The number of halogens is 1. The van der Waals surface area contributed by atoms with Crippen LogP contribution in [0.15, 0.2) is 57.8 Å². The summed E-state index contributed by atoms with van der Waals surface area (Å²) in [6.07, 6.45) is 0. The van der Waals surface area contributed by atoms with Gasteiger partial charge in [-0.15, -0.1) is 0 Å². The van der Waals surface area contributed by atoms with E-state index in [9.17, 15) is 4.79 Å². The van der Waals surface area contributed by atoms with Gasteiger partial charge in [0.2, 0.25) is 0 Å². The molecule has 1 N–H and O–H groups in total. The molecule has 5 nitrogen and oxygen atoms in total. The Labute approximate surface area is 132 Å². The molecule has 21 heavy (non-hydrogen) atoms. The molecule has 0 saturated heterocycles. The number of aromatic nitrogens is 3. The van der Waals surface area contributed by atoms with Gasteiger partial charge in [0.1, 0.15) is 5.52 Å². The number of aromatic amines is 1. The van der Waals surface area contributed by atoms with Crippen molar-refractivity contribution in [1.82, 2.24) is 10.3 Å². The van der Waals surface area contributed by atoms with Crippen molar-refractivity contribution in [3.63, 3.8) is 0 Å². The first-order valence-electron chi connectivity index (χ1n) is 6.32. The lowest BCUT2D eigenvalue weighted by Gasteiger charge is -2.00. The standard InChI is InChI=1S/C15H8IN3O2/c16-10-7-5-9(6-8-10)13-14-15(20)21-18-19(14)12-4-2-1-3-11(12)17-13/h1-8H/p+1. The third-order valence-corrected chi connectivity index (χ3v) is 4.06. The number of rotatable bonds is 1.